The summed E-state index contributed by atoms with van der Waals surface area (Å²) in [5, 5.41) is 11.6. The van der Waals surface area contributed by atoms with Crippen molar-refractivity contribution in [2.75, 3.05) is 48.3 Å². The Balaban J connectivity index is 1.76. The Kier molecular flexibility index (Phi) is 7.30. The smallest absolute Gasteiger partial charge is 0.409 e. The lowest BCUT2D eigenvalue weighted by Crippen LogP contribution is -2.29. The van der Waals surface area contributed by atoms with Gasteiger partial charge in [-0.2, -0.15) is 0 Å². The molecule has 0 spiro atoms. The Morgan fingerprint density at radius 2 is 1.92 bits per heavy atom. The van der Waals surface area contributed by atoms with Gasteiger partial charge in [-0.05, 0) is 31.0 Å². The van der Waals surface area contributed by atoms with Crippen molar-refractivity contribution in [2.24, 2.45) is 0 Å². The Morgan fingerprint density at radius 1 is 1.17 bits per heavy atom. The van der Waals surface area contributed by atoms with Crippen molar-refractivity contribution in [3.63, 3.8) is 0 Å². The molecular weight excluding hydrogens is 474 g/mol. The fraction of sp³-hybridized carbons (Fsp3) is 0.440. The lowest BCUT2D eigenvalue weighted by molar-refractivity contribution is -0.0114. The van der Waals surface area contributed by atoms with E-state index in [2.05, 4.69) is 0 Å². The summed E-state index contributed by atoms with van der Waals surface area (Å²) >= 11 is 0. The van der Waals surface area contributed by atoms with Gasteiger partial charge in [0.25, 0.3) is 0 Å². The van der Waals surface area contributed by atoms with Gasteiger partial charge in [-0.15, -0.1) is 0 Å². The SMILES string of the molecule is CCOC(=O)N(C)CCc1cc2c(c(OC)c1[C@H](O)[C@H]1OC(=O)c3c1ccc(OC)c3OC)OCO2. The molecule has 2 aromatic rings. The first-order valence-corrected chi connectivity index (χ1v) is 11.4. The quantitative estimate of drug-likeness (QED) is 0.511. The molecule has 0 fully saturated rings. The van der Waals surface area contributed by atoms with E-state index in [0.29, 0.717) is 40.4 Å². The van der Waals surface area contributed by atoms with E-state index in [-0.39, 0.29) is 37.0 Å². The van der Waals surface area contributed by atoms with Gasteiger partial charge in [0.15, 0.2) is 29.1 Å². The maximum Gasteiger partial charge on any atom is 0.409 e. The highest BCUT2D eigenvalue weighted by Gasteiger charge is 2.42. The highest BCUT2D eigenvalue weighted by atomic mass is 16.7. The van der Waals surface area contributed by atoms with Crippen molar-refractivity contribution in [1.29, 1.82) is 0 Å². The largest absolute Gasteiger partial charge is 0.493 e. The number of cyclic esters (lactones) is 1. The van der Waals surface area contributed by atoms with E-state index in [1.807, 2.05) is 0 Å². The van der Waals surface area contributed by atoms with E-state index >= 15 is 0 Å². The van der Waals surface area contributed by atoms with Gasteiger partial charge in [-0.25, -0.2) is 9.59 Å². The number of rotatable bonds is 9. The number of carbonyl (C=O) groups excluding carboxylic acids is 2. The number of esters is 1. The summed E-state index contributed by atoms with van der Waals surface area (Å²) < 4.78 is 38.2. The molecule has 0 unspecified atom stereocenters. The molecule has 11 nitrogen and oxygen atoms in total. The van der Waals surface area contributed by atoms with Crippen molar-refractivity contribution in [3.05, 3.63) is 40.5 Å². The number of methoxy groups -OCH3 is 3. The summed E-state index contributed by atoms with van der Waals surface area (Å²) in [5.41, 5.74) is 1.62. The molecule has 0 bridgehead atoms. The molecule has 1 amide bonds. The van der Waals surface area contributed by atoms with Gasteiger partial charge < -0.3 is 43.2 Å². The summed E-state index contributed by atoms with van der Waals surface area (Å²) in [4.78, 5) is 26.4. The number of hydrogen-bond acceptors (Lipinski definition) is 10. The molecule has 0 saturated heterocycles. The van der Waals surface area contributed by atoms with Crippen molar-refractivity contribution in [3.8, 4) is 28.7 Å². The highest BCUT2D eigenvalue weighted by Crippen LogP contribution is 2.52. The van der Waals surface area contributed by atoms with Gasteiger partial charge in [0.1, 0.15) is 11.7 Å². The van der Waals surface area contributed by atoms with E-state index in [4.69, 9.17) is 33.2 Å². The first-order valence-electron chi connectivity index (χ1n) is 11.4. The van der Waals surface area contributed by atoms with Crippen LogP contribution in [0.5, 0.6) is 28.7 Å². The van der Waals surface area contributed by atoms with Crippen LogP contribution in [0.1, 0.15) is 46.2 Å². The van der Waals surface area contributed by atoms with Crippen LogP contribution in [0, 0.1) is 0 Å². The van der Waals surface area contributed by atoms with Gasteiger partial charge in [0, 0.05) is 24.7 Å². The third-order valence-corrected chi connectivity index (χ3v) is 6.15. The van der Waals surface area contributed by atoms with Crippen LogP contribution in [0.3, 0.4) is 0 Å². The molecule has 11 heteroatoms. The number of hydrogen-bond donors (Lipinski definition) is 1. The van der Waals surface area contributed by atoms with Crippen molar-refractivity contribution >= 4 is 12.1 Å². The maximum atomic E-state index is 12.8. The van der Waals surface area contributed by atoms with Crippen LogP contribution in [0.4, 0.5) is 4.79 Å². The van der Waals surface area contributed by atoms with Gasteiger partial charge in [0.2, 0.25) is 12.5 Å². The second-order valence-electron chi connectivity index (χ2n) is 8.12. The van der Waals surface area contributed by atoms with Crippen LogP contribution in [0.25, 0.3) is 0 Å². The fourth-order valence-corrected chi connectivity index (χ4v) is 4.44. The molecule has 0 radical (unpaired) electrons. The van der Waals surface area contributed by atoms with E-state index in [1.54, 1.807) is 32.2 Å². The van der Waals surface area contributed by atoms with Gasteiger partial charge in [0.05, 0.1) is 27.9 Å². The Morgan fingerprint density at radius 3 is 2.58 bits per heavy atom. The summed E-state index contributed by atoms with van der Waals surface area (Å²) in [7, 11) is 5.96. The number of amides is 1. The number of aliphatic hydroxyl groups excluding tert-OH is 1. The first-order chi connectivity index (χ1) is 17.4. The zero-order valence-corrected chi connectivity index (χ0v) is 20.8. The van der Waals surface area contributed by atoms with Gasteiger partial charge in [-0.3, -0.25) is 0 Å². The third-order valence-electron chi connectivity index (χ3n) is 6.15. The molecular formula is C25H29NO10. The molecule has 194 valence electrons. The number of ether oxygens (including phenoxy) is 7. The summed E-state index contributed by atoms with van der Waals surface area (Å²) in [6.45, 7) is 2.26. The van der Waals surface area contributed by atoms with Crippen LogP contribution in [-0.2, 0) is 15.9 Å². The lowest BCUT2D eigenvalue weighted by Gasteiger charge is -2.25. The molecule has 0 aromatic heterocycles. The average molecular weight is 504 g/mol. The van der Waals surface area contributed by atoms with E-state index in [9.17, 15) is 14.7 Å². The van der Waals surface area contributed by atoms with Gasteiger partial charge >= 0.3 is 12.1 Å². The summed E-state index contributed by atoms with van der Waals surface area (Å²) in [6, 6.07) is 5.03. The van der Waals surface area contributed by atoms with Crippen molar-refractivity contribution in [1.82, 2.24) is 4.90 Å². The van der Waals surface area contributed by atoms with E-state index < -0.39 is 24.3 Å². The summed E-state index contributed by atoms with van der Waals surface area (Å²) in [5.74, 6) is 0.998. The monoisotopic (exact) mass is 503 g/mol. The van der Waals surface area contributed by atoms with E-state index in [0.717, 1.165) is 0 Å². The molecule has 1 N–H and O–H groups in total. The van der Waals surface area contributed by atoms with Crippen molar-refractivity contribution in [2.45, 2.75) is 25.6 Å². The minimum atomic E-state index is -1.33. The maximum absolute atomic E-state index is 12.8. The fourth-order valence-electron chi connectivity index (χ4n) is 4.44. The third kappa shape index (κ3) is 4.30. The number of likely N-dealkylation sites (N-methyl/N-ethyl adjacent to an activating group) is 1. The first kappa shape index (κ1) is 25.2. The summed E-state index contributed by atoms with van der Waals surface area (Å²) in [6.07, 6.45) is -2.52. The number of carbonyl (C=O) groups is 2. The highest BCUT2D eigenvalue weighted by molar-refractivity contribution is 5.98. The van der Waals surface area contributed by atoms with Gasteiger partial charge in [-0.1, -0.05) is 6.07 Å². The van der Waals surface area contributed by atoms with Crippen LogP contribution in [0.2, 0.25) is 0 Å². The average Bonchev–Trinajstić information content (AvgIpc) is 3.49. The van der Waals surface area contributed by atoms with Crippen LogP contribution < -0.4 is 23.7 Å². The number of benzene rings is 2. The molecule has 2 aliphatic heterocycles. The second kappa shape index (κ2) is 10.4. The Hall–Kier alpha value is -3.86. The topological polar surface area (TPSA) is 122 Å². The van der Waals surface area contributed by atoms with E-state index in [1.165, 1.54) is 26.2 Å². The predicted molar refractivity (Wildman–Crippen MR) is 125 cm³/mol. The number of nitrogens with zero attached hydrogens (tertiary/aromatic N) is 1. The molecule has 4 rings (SSSR count). The Labute approximate surface area is 208 Å². The van der Waals surface area contributed by atoms with Crippen molar-refractivity contribution < 1.29 is 47.9 Å². The van der Waals surface area contributed by atoms with Crippen LogP contribution in [-0.4, -0.2) is 70.4 Å². The standard InChI is InChI=1S/C25H29NO10/c1-6-33-25(29)26(2)10-9-13-11-16-22(35-12-34-16)23(32-5)17(13)19(27)20-14-7-8-15(30-3)21(31-4)18(14)24(28)36-20/h7-8,11,19-20,27H,6,9-10,12H2,1-5H3/t19-,20-/m0/s1. The van der Waals surface area contributed by atoms with Crippen LogP contribution >= 0.6 is 0 Å². The normalized spacial score (nSPS) is 16.2. The number of fused-ring (bicyclic) bond motifs is 2. The second-order valence-corrected chi connectivity index (χ2v) is 8.12. The molecule has 36 heavy (non-hydrogen) atoms. The zero-order chi connectivity index (χ0) is 26.0. The molecule has 2 aromatic carbocycles. The predicted octanol–water partition coefficient (Wildman–Crippen LogP) is 3.02. The minimum Gasteiger partial charge on any atom is -0.493 e. The molecule has 2 atom stereocenters. The molecule has 2 heterocycles. The Bertz CT molecular complexity index is 1160. The molecule has 2 aliphatic rings. The minimum absolute atomic E-state index is 0.00828. The molecule has 0 saturated carbocycles. The number of aliphatic hydroxyl groups is 1. The lowest BCUT2D eigenvalue weighted by atomic mass is 9.90. The molecule has 0 aliphatic carbocycles. The van der Waals surface area contributed by atoms with Crippen LogP contribution in [0.15, 0.2) is 18.2 Å². The zero-order valence-electron chi connectivity index (χ0n) is 20.8.